The number of hydrogen-bond donors (Lipinski definition) is 1. The van der Waals surface area contributed by atoms with E-state index in [1.807, 2.05) is 43.0 Å². The van der Waals surface area contributed by atoms with Gasteiger partial charge in [0.25, 0.3) is 0 Å². The van der Waals surface area contributed by atoms with Gasteiger partial charge in [-0.15, -0.1) is 0 Å². The Kier molecular flexibility index (Phi) is 7.67. The van der Waals surface area contributed by atoms with Crippen LogP contribution >= 0.6 is 0 Å². The predicted octanol–water partition coefficient (Wildman–Crippen LogP) is 3.07. The predicted molar refractivity (Wildman–Crippen MR) is 121 cm³/mol. The van der Waals surface area contributed by atoms with Crippen molar-refractivity contribution in [1.82, 2.24) is 20.1 Å². The van der Waals surface area contributed by atoms with Gasteiger partial charge in [0.15, 0.2) is 9.84 Å². The average molecular weight is 445 g/mol. The normalized spacial score (nSPS) is 15.7. The van der Waals surface area contributed by atoms with Gasteiger partial charge < -0.3 is 10.2 Å². The highest BCUT2D eigenvalue weighted by Gasteiger charge is 2.29. The maximum Gasteiger partial charge on any atom is 0.318 e. The van der Waals surface area contributed by atoms with Gasteiger partial charge in [-0.05, 0) is 49.9 Å². The van der Waals surface area contributed by atoms with E-state index in [0.29, 0.717) is 18.0 Å². The van der Waals surface area contributed by atoms with Crippen LogP contribution in [-0.4, -0.2) is 60.7 Å². The third-order valence-electron chi connectivity index (χ3n) is 5.51. The number of piperidine rings is 1. The number of likely N-dealkylation sites (tertiary alicyclic amines) is 1. The van der Waals surface area contributed by atoms with Gasteiger partial charge in [0, 0.05) is 56.9 Å². The molecule has 3 rings (SSSR count). The molecule has 1 aliphatic rings. The lowest BCUT2D eigenvalue weighted by Crippen LogP contribution is -2.51. The number of benzene rings is 1. The molecule has 1 fully saturated rings. The Bertz CT molecular complexity index is 971. The van der Waals surface area contributed by atoms with Crippen LogP contribution in [-0.2, 0) is 22.9 Å². The third kappa shape index (κ3) is 6.51. The fraction of sp³-hybridized carbons (Fsp3) is 0.478. The van der Waals surface area contributed by atoms with Crippen molar-refractivity contribution in [2.24, 2.45) is 0 Å². The zero-order valence-corrected chi connectivity index (χ0v) is 19.3. The lowest BCUT2D eigenvalue weighted by molar-refractivity contribution is 0.112. The zero-order chi connectivity index (χ0) is 22.4. The summed E-state index contributed by atoms with van der Waals surface area (Å²) in [5.74, 6) is 0. The topological polar surface area (TPSA) is 82.6 Å². The molecule has 1 saturated heterocycles. The van der Waals surface area contributed by atoms with Gasteiger partial charge in [-0.25, -0.2) is 13.2 Å². The molecule has 0 saturated carbocycles. The van der Waals surface area contributed by atoms with Crippen molar-refractivity contribution in [2.75, 3.05) is 19.3 Å². The first kappa shape index (κ1) is 23.2. The number of rotatable bonds is 7. The summed E-state index contributed by atoms with van der Waals surface area (Å²) in [7, 11) is -3.26. The van der Waals surface area contributed by atoms with E-state index in [-0.39, 0.29) is 18.1 Å². The van der Waals surface area contributed by atoms with Gasteiger partial charge in [0.05, 0.1) is 4.90 Å². The van der Waals surface area contributed by atoms with Crippen LogP contribution in [0.1, 0.15) is 37.8 Å². The summed E-state index contributed by atoms with van der Waals surface area (Å²) in [6.07, 6.45) is 6.46. The number of sulfone groups is 1. The van der Waals surface area contributed by atoms with Crippen molar-refractivity contribution in [1.29, 1.82) is 0 Å². The second-order valence-electron chi connectivity index (χ2n) is 8.48. The Labute approximate surface area is 185 Å². The van der Waals surface area contributed by atoms with Crippen molar-refractivity contribution in [3.05, 3.63) is 59.9 Å². The zero-order valence-electron chi connectivity index (χ0n) is 18.5. The van der Waals surface area contributed by atoms with Gasteiger partial charge in [0.2, 0.25) is 0 Å². The summed E-state index contributed by atoms with van der Waals surface area (Å²) in [5.41, 5.74) is 1.83. The van der Waals surface area contributed by atoms with E-state index >= 15 is 0 Å². The number of nitrogens with one attached hydrogen (secondary N) is 1. The molecule has 0 radical (unpaired) electrons. The van der Waals surface area contributed by atoms with Crippen molar-refractivity contribution in [2.45, 2.75) is 56.8 Å². The molecule has 8 heteroatoms. The van der Waals surface area contributed by atoms with Crippen LogP contribution in [0, 0.1) is 0 Å². The standard InChI is InChI=1S/C23H32N4O3S/c1-18(2)25-23(28)27(16-19-7-6-12-24-15-19)21-10-13-26(14-11-21)17-20-8-4-5-9-22(20)31(3,29)30/h4-9,12,15,18,21H,10-11,13-14,16-17H2,1-3H3,(H,25,28). The van der Waals surface area contributed by atoms with Crippen molar-refractivity contribution >= 4 is 15.9 Å². The first-order valence-corrected chi connectivity index (χ1v) is 12.6. The molecule has 0 aliphatic carbocycles. The molecular weight excluding hydrogens is 412 g/mol. The minimum atomic E-state index is -3.26. The largest absolute Gasteiger partial charge is 0.336 e. The third-order valence-corrected chi connectivity index (χ3v) is 6.71. The Morgan fingerprint density at radius 1 is 1.19 bits per heavy atom. The molecule has 1 N–H and O–H groups in total. The van der Waals surface area contributed by atoms with Crippen LogP contribution in [0.25, 0.3) is 0 Å². The van der Waals surface area contributed by atoms with Crippen molar-refractivity contribution < 1.29 is 13.2 Å². The fourth-order valence-electron chi connectivity index (χ4n) is 4.01. The lowest BCUT2D eigenvalue weighted by Gasteiger charge is -2.39. The second kappa shape index (κ2) is 10.2. The van der Waals surface area contributed by atoms with E-state index in [4.69, 9.17) is 0 Å². The van der Waals surface area contributed by atoms with Gasteiger partial charge in [-0.3, -0.25) is 9.88 Å². The van der Waals surface area contributed by atoms with E-state index in [0.717, 1.165) is 37.1 Å². The molecule has 2 aromatic rings. The van der Waals surface area contributed by atoms with Gasteiger partial charge >= 0.3 is 6.03 Å². The van der Waals surface area contributed by atoms with Crippen LogP contribution in [0.2, 0.25) is 0 Å². The molecule has 0 bridgehead atoms. The highest BCUT2D eigenvalue weighted by molar-refractivity contribution is 7.90. The summed E-state index contributed by atoms with van der Waals surface area (Å²) in [5, 5.41) is 3.02. The van der Waals surface area contributed by atoms with E-state index in [9.17, 15) is 13.2 Å². The SMILES string of the molecule is CC(C)NC(=O)N(Cc1cccnc1)C1CCN(Cc2ccccc2S(C)(=O)=O)CC1. The lowest BCUT2D eigenvalue weighted by atomic mass is 10.0. The van der Waals surface area contributed by atoms with Gasteiger partial charge in [0.1, 0.15) is 0 Å². The maximum absolute atomic E-state index is 12.9. The van der Waals surface area contributed by atoms with Crippen LogP contribution in [0.15, 0.2) is 53.7 Å². The summed E-state index contributed by atoms with van der Waals surface area (Å²) in [4.78, 5) is 21.7. The molecular formula is C23H32N4O3S. The minimum absolute atomic E-state index is 0.0558. The highest BCUT2D eigenvalue weighted by atomic mass is 32.2. The number of pyridine rings is 1. The van der Waals surface area contributed by atoms with Crippen molar-refractivity contribution in [3.63, 3.8) is 0 Å². The first-order chi connectivity index (χ1) is 14.7. The fourth-order valence-corrected chi connectivity index (χ4v) is 4.95. The van der Waals surface area contributed by atoms with Crippen molar-refractivity contribution in [3.8, 4) is 0 Å². The quantitative estimate of drug-likeness (QED) is 0.710. The number of carbonyl (C=O) groups is 1. The van der Waals surface area contributed by atoms with Crippen LogP contribution in [0.4, 0.5) is 4.79 Å². The minimum Gasteiger partial charge on any atom is -0.336 e. The molecule has 0 spiro atoms. The average Bonchev–Trinajstić information content (AvgIpc) is 2.72. The van der Waals surface area contributed by atoms with E-state index in [2.05, 4.69) is 15.2 Å². The number of carbonyl (C=O) groups excluding carboxylic acids is 1. The molecule has 1 aliphatic heterocycles. The number of aromatic nitrogens is 1. The van der Waals surface area contributed by atoms with Gasteiger partial charge in [-0.2, -0.15) is 0 Å². The molecule has 0 atom stereocenters. The summed E-state index contributed by atoms with van der Waals surface area (Å²) in [6, 6.07) is 11.2. The van der Waals surface area contributed by atoms with Crippen LogP contribution in [0.3, 0.4) is 0 Å². The molecule has 1 aromatic carbocycles. The number of urea groups is 1. The van der Waals surface area contributed by atoms with E-state index < -0.39 is 9.84 Å². The molecule has 2 amide bonds. The monoisotopic (exact) mass is 444 g/mol. The second-order valence-corrected chi connectivity index (χ2v) is 10.5. The molecule has 1 aromatic heterocycles. The molecule has 7 nitrogen and oxygen atoms in total. The Hall–Kier alpha value is -2.45. The van der Waals surface area contributed by atoms with Crippen LogP contribution < -0.4 is 5.32 Å². The highest BCUT2D eigenvalue weighted by Crippen LogP contribution is 2.23. The Morgan fingerprint density at radius 3 is 2.52 bits per heavy atom. The van der Waals surface area contributed by atoms with Crippen LogP contribution in [0.5, 0.6) is 0 Å². The molecule has 2 heterocycles. The summed E-state index contributed by atoms with van der Waals surface area (Å²) in [6.45, 7) is 6.65. The molecule has 31 heavy (non-hydrogen) atoms. The van der Waals surface area contributed by atoms with E-state index in [1.54, 1.807) is 24.5 Å². The maximum atomic E-state index is 12.9. The summed E-state index contributed by atoms with van der Waals surface area (Å²) >= 11 is 0. The first-order valence-electron chi connectivity index (χ1n) is 10.7. The van der Waals surface area contributed by atoms with E-state index in [1.165, 1.54) is 6.26 Å². The Balaban J connectivity index is 1.67. The Morgan fingerprint density at radius 2 is 1.90 bits per heavy atom. The smallest absolute Gasteiger partial charge is 0.318 e. The summed E-state index contributed by atoms with van der Waals surface area (Å²) < 4.78 is 24.2. The number of amides is 2. The van der Waals surface area contributed by atoms with Gasteiger partial charge in [-0.1, -0.05) is 24.3 Å². The number of hydrogen-bond acceptors (Lipinski definition) is 5. The number of nitrogens with zero attached hydrogens (tertiary/aromatic N) is 3. The molecule has 168 valence electrons. The molecule has 0 unspecified atom stereocenters.